The minimum absolute atomic E-state index is 0.743. The van der Waals surface area contributed by atoms with Gasteiger partial charge in [-0.1, -0.05) is 13.0 Å². The molecule has 1 aromatic carbocycles. The maximum Gasteiger partial charge on any atom is 0.164 e. The zero-order valence-electron chi connectivity index (χ0n) is 10.0. The molecule has 1 aliphatic heterocycles. The molecule has 0 aromatic heterocycles. The number of rotatable bonds is 4. The van der Waals surface area contributed by atoms with Gasteiger partial charge in [-0.05, 0) is 31.0 Å². The maximum absolute atomic E-state index is 5.70. The highest BCUT2D eigenvalue weighted by Crippen LogP contribution is 2.35. The van der Waals surface area contributed by atoms with Crippen molar-refractivity contribution in [1.29, 1.82) is 0 Å². The lowest BCUT2D eigenvalue weighted by Gasteiger charge is -2.21. The third-order valence-corrected chi connectivity index (χ3v) is 2.85. The average molecular weight is 221 g/mol. The molecule has 0 fully saturated rings. The van der Waals surface area contributed by atoms with E-state index < -0.39 is 0 Å². The van der Waals surface area contributed by atoms with Gasteiger partial charge in [0.25, 0.3) is 0 Å². The van der Waals surface area contributed by atoms with E-state index in [0.29, 0.717) is 0 Å². The van der Waals surface area contributed by atoms with E-state index in [-0.39, 0.29) is 0 Å². The van der Waals surface area contributed by atoms with Crippen LogP contribution in [-0.2, 0) is 13.0 Å². The zero-order chi connectivity index (χ0) is 11.4. The molecule has 0 saturated heterocycles. The predicted octanol–water partition coefficient (Wildman–Crippen LogP) is 2.13. The topological polar surface area (TPSA) is 30.5 Å². The molecule has 0 amide bonds. The minimum atomic E-state index is 0.743. The van der Waals surface area contributed by atoms with Crippen molar-refractivity contribution in [2.45, 2.75) is 26.3 Å². The summed E-state index contributed by atoms with van der Waals surface area (Å²) in [6.45, 7) is 4.79. The summed E-state index contributed by atoms with van der Waals surface area (Å²) in [4.78, 5) is 0. The standard InChI is InChI=1S/C13H19NO2/c1-3-8-16-12-5-4-10-9-14-7-6-11(10)13(12)15-2/h4-5,14H,3,6-9H2,1-2H3. The van der Waals surface area contributed by atoms with Crippen molar-refractivity contribution in [1.82, 2.24) is 5.32 Å². The number of benzene rings is 1. The Morgan fingerprint density at radius 1 is 1.38 bits per heavy atom. The third-order valence-electron chi connectivity index (χ3n) is 2.85. The summed E-state index contributed by atoms with van der Waals surface area (Å²) in [5, 5.41) is 3.36. The first-order chi connectivity index (χ1) is 7.86. The Labute approximate surface area is 96.8 Å². The van der Waals surface area contributed by atoms with Crippen LogP contribution in [0, 0.1) is 0 Å². The lowest BCUT2D eigenvalue weighted by atomic mass is 9.99. The third kappa shape index (κ3) is 2.14. The quantitative estimate of drug-likeness (QED) is 0.845. The molecule has 1 heterocycles. The molecule has 2 rings (SSSR count). The summed E-state index contributed by atoms with van der Waals surface area (Å²) in [5.41, 5.74) is 2.63. The van der Waals surface area contributed by atoms with Crippen LogP contribution in [0.4, 0.5) is 0 Å². The van der Waals surface area contributed by atoms with Gasteiger partial charge >= 0.3 is 0 Å². The first-order valence-corrected chi connectivity index (χ1v) is 5.89. The highest BCUT2D eigenvalue weighted by Gasteiger charge is 2.17. The molecule has 0 radical (unpaired) electrons. The second-order valence-electron chi connectivity index (χ2n) is 4.01. The van der Waals surface area contributed by atoms with Gasteiger partial charge in [0.1, 0.15) is 0 Å². The molecule has 0 saturated carbocycles. The average Bonchev–Trinajstić information content (AvgIpc) is 2.35. The molecule has 3 nitrogen and oxygen atoms in total. The fourth-order valence-corrected chi connectivity index (χ4v) is 2.07. The molecule has 0 bridgehead atoms. The van der Waals surface area contributed by atoms with E-state index in [9.17, 15) is 0 Å². The Morgan fingerprint density at radius 2 is 2.25 bits per heavy atom. The Morgan fingerprint density at radius 3 is 3.00 bits per heavy atom. The summed E-state index contributed by atoms with van der Waals surface area (Å²) in [6.07, 6.45) is 2.03. The van der Waals surface area contributed by atoms with Crippen LogP contribution in [0.2, 0.25) is 0 Å². The van der Waals surface area contributed by atoms with Gasteiger partial charge in [0, 0.05) is 12.1 Å². The van der Waals surface area contributed by atoms with E-state index >= 15 is 0 Å². The van der Waals surface area contributed by atoms with Crippen LogP contribution >= 0.6 is 0 Å². The molecule has 0 atom stereocenters. The van der Waals surface area contributed by atoms with Gasteiger partial charge in [0.05, 0.1) is 13.7 Å². The molecule has 0 unspecified atom stereocenters. The number of hydrogen-bond donors (Lipinski definition) is 1. The van der Waals surface area contributed by atoms with E-state index in [0.717, 1.165) is 44.0 Å². The van der Waals surface area contributed by atoms with Gasteiger partial charge in [-0.25, -0.2) is 0 Å². The summed E-state index contributed by atoms with van der Waals surface area (Å²) in [6, 6.07) is 4.15. The van der Waals surface area contributed by atoms with Crippen LogP contribution in [-0.4, -0.2) is 20.3 Å². The van der Waals surface area contributed by atoms with Crippen LogP contribution in [0.15, 0.2) is 12.1 Å². The number of ether oxygens (including phenoxy) is 2. The SMILES string of the molecule is CCCOc1ccc2c(c1OC)CCNC2. The first kappa shape index (κ1) is 11.3. The van der Waals surface area contributed by atoms with Crippen LogP contribution < -0.4 is 14.8 Å². The summed E-state index contributed by atoms with van der Waals surface area (Å²) < 4.78 is 11.2. The lowest BCUT2D eigenvalue weighted by Crippen LogP contribution is -2.24. The molecule has 0 spiro atoms. The molecule has 1 aliphatic rings. The molecule has 1 N–H and O–H groups in total. The molecule has 16 heavy (non-hydrogen) atoms. The summed E-state index contributed by atoms with van der Waals surface area (Å²) in [7, 11) is 1.72. The Balaban J connectivity index is 2.31. The monoisotopic (exact) mass is 221 g/mol. The summed E-state index contributed by atoms with van der Waals surface area (Å²) in [5.74, 6) is 1.80. The molecule has 0 aliphatic carbocycles. The Hall–Kier alpha value is -1.22. The lowest BCUT2D eigenvalue weighted by molar-refractivity contribution is 0.292. The van der Waals surface area contributed by atoms with E-state index in [4.69, 9.17) is 9.47 Å². The van der Waals surface area contributed by atoms with Crippen molar-refractivity contribution in [3.05, 3.63) is 23.3 Å². The largest absolute Gasteiger partial charge is 0.493 e. The van der Waals surface area contributed by atoms with Crippen LogP contribution in [0.5, 0.6) is 11.5 Å². The maximum atomic E-state index is 5.70. The highest BCUT2D eigenvalue weighted by molar-refractivity contribution is 5.51. The molecule has 88 valence electrons. The Kier molecular flexibility index (Phi) is 3.67. The van der Waals surface area contributed by atoms with Gasteiger partial charge in [-0.2, -0.15) is 0 Å². The zero-order valence-corrected chi connectivity index (χ0v) is 10.0. The second-order valence-corrected chi connectivity index (χ2v) is 4.01. The van der Waals surface area contributed by atoms with Crippen molar-refractivity contribution in [2.75, 3.05) is 20.3 Å². The molecule has 1 aromatic rings. The number of methoxy groups -OCH3 is 1. The van der Waals surface area contributed by atoms with Gasteiger partial charge in [-0.15, -0.1) is 0 Å². The molecular formula is C13H19NO2. The van der Waals surface area contributed by atoms with Gasteiger partial charge in [-0.3, -0.25) is 0 Å². The number of nitrogens with one attached hydrogen (secondary N) is 1. The van der Waals surface area contributed by atoms with Crippen LogP contribution in [0.25, 0.3) is 0 Å². The van der Waals surface area contributed by atoms with Crippen LogP contribution in [0.3, 0.4) is 0 Å². The molecular weight excluding hydrogens is 202 g/mol. The predicted molar refractivity (Wildman–Crippen MR) is 64.2 cm³/mol. The smallest absolute Gasteiger partial charge is 0.164 e. The van der Waals surface area contributed by atoms with Crippen molar-refractivity contribution in [2.24, 2.45) is 0 Å². The fourth-order valence-electron chi connectivity index (χ4n) is 2.07. The highest BCUT2D eigenvalue weighted by atomic mass is 16.5. The van der Waals surface area contributed by atoms with Crippen molar-refractivity contribution in [3.8, 4) is 11.5 Å². The van der Waals surface area contributed by atoms with E-state index in [1.807, 2.05) is 6.07 Å². The van der Waals surface area contributed by atoms with Crippen molar-refractivity contribution in [3.63, 3.8) is 0 Å². The van der Waals surface area contributed by atoms with E-state index in [1.165, 1.54) is 11.1 Å². The fraction of sp³-hybridized carbons (Fsp3) is 0.538. The second kappa shape index (κ2) is 5.21. The van der Waals surface area contributed by atoms with Gasteiger partial charge in [0.15, 0.2) is 11.5 Å². The van der Waals surface area contributed by atoms with Gasteiger partial charge in [0.2, 0.25) is 0 Å². The van der Waals surface area contributed by atoms with Crippen LogP contribution in [0.1, 0.15) is 24.5 Å². The normalized spacial score (nSPS) is 14.4. The number of fused-ring (bicyclic) bond motifs is 1. The van der Waals surface area contributed by atoms with Crippen molar-refractivity contribution < 1.29 is 9.47 Å². The number of hydrogen-bond acceptors (Lipinski definition) is 3. The van der Waals surface area contributed by atoms with E-state index in [1.54, 1.807) is 7.11 Å². The minimum Gasteiger partial charge on any atom is -0.493 e. The first-order valence-electron chi connectivity index (χ1n) is 5.89. The summed E-state index contributed by atoms with van der Waals surface area (Å²) >= 11 is 0. The Bertz CT molecular complexity index is 363. The molecule has 3 heteroatoms. The van der Waals surface area contributed by atoms with Gasteiger partial charge < -0.3 is 14.8 Å². The van der Waals surface area contributed by atoms with Crippen molar-refractivity contribution >= 4 is 0 Å². The van der Waals surface area contributed by atoms with E-state index in [2.05, 4.69) is 18.3 Å².